The van der Waals surface area contributed by atoms with Crippen LogP contribution in [0.15, 0.2) is 189 Å². The molecule has 0 aliphatic carbocycles. The monoisotopic (exact) mass is 747 g/mol. The maximum Gasteiger partial charge on any atom is 0.137 e. The third kappa shape index (κ3) is 4.49. The molecule has 57 heavy (non-hydrogen) atoms. The molecule has 0 amide bonds. The highest BCUT2D eigenvalue weighted by atomic mass is 32.1. The number of para-hydroxylation sites is 3. The van der Waals surface area contributed by atoms with Crippen LogP contribution in [0.2, 0.25) is 0 Å². The second kappa shape index (κ2) is 11.6. The van der Waals surface area contributed by atoms with Crippen LogP contribution >= 0.6 is 11.3 Å². The van der Waals surface area contributed by atoms with Crippen LogP contribution in [0.5, 0.6) is 0 Å². The lowest BCUT2D eigenvalue weighted by Gasteiger charge is -2.25. The lowest BCUT2D eigenvalue weighted by molar-refractivity contribution is 0.668. The highest BCUT2D eigenvalue weighted by Gasteiger charge is 2.21. The molecule has 0 radical (unpaired) electrons. The third-order valence-corrected chi connectivity index (χ3v) is 12.8. The Balaban J connectivity index is 1.01. The van der Waals surface area contributed by atoms with Gasteiger partial charge in [0.25, 0.3) is 0 Å². The molecule has 0 saturated heterocycles. The van der Waals surface area contributed by atoms with Crippen molar-refractivity contribution in [3.63, 3.8) is 0 Å². The fourth-order valence-electron chi connectivity index (χ4n) is 9.12. The van der Waals surface area contributed by atoms with Crippen molar-refractivity contribution in [1.82, 2.24) is 0 Å². The van der Waals surface area contributed by atoms with E-state index in [9.17, 15) is 0 Å². The van der Waals surface area contributed by atoms with Gasteiger partial charge in [0.05, 0.1) is 0 Å². The van der Waals surface area contributed by atoms with E-state index in [1.807, 2.05) is 41.7 Å². The van der Waals surface area contributed by atoms with Gasteiger partial charge in [-0.1, -0.05) is 91.0 Å². The zero-order valence-corrected chi connectivity index (χ0v) is 31.1. The fourth-order valence-corrected chi connectivity index (χ4v) is 10.3. The quantitative estimate of drug-likeness (QED) is 0.180. The average molecular weight is 748 g/mol. The number of hydrogen-bond donors (Lipinski definition) is 0. The molecule has 0 unspecified atom stereocenters. The summed E-state index contributed by atoms with van der Waals surface area (Å²) in [4.78, 5) is 2.29. The molecule has 0 N–H and O–H groups in total. The molecule has 9 aromatic carbocycles. The lowest BCUT2D eigenvalue weighted by atomic mass is 9.94. The van der Waals surface area contributed by atoms with Crippen LogP contribution in [-0.2, 0) is 0 Å². The zero-order valence-electron chi connectivity index (χ0n) is 30.3. The van der Waals surface area contributed by atoms with Gasteiger partial charge in [0.2, 0.25) is 0 Å². The van der Waals surface area contributed by atoms with E-state index >= 15 is 0 Å². The Kier molecular flexibility index (Phi) is 6.29. The molecular formula is C52H29NO3S. The summed E-state index contributed by atoms with van der Waals surface area (Å²) in [6.45, 7) is 0. The van der Waals surface area contributed by atoms with Gasteiger partial charge in [-0.15, -0.1) is 11.3 Å². The van der Waals surface area contributed by atoms with Crippen LogP contribution in [0, 0.1) is 0 Å². The summed E-state index contributed by atoms with van der Waals surface area (Å²) in [6.07, 6.45) is 0. The van der Waals surface area contributed by atoms with E-state index in [4.69, 9.17) is 13.3 Å². The molecule has 4 aromatic heterocycles. The molecule has 5 heteroatoms. The number of fused-ring (bicyclic) bond motifs is 15. The molecular weight excluding hydrogens is 719 g/mol. The Bertz CT molecular complexity index is 3650. The van der Waals surface area contributed by atoms with Gasteiger partial charge in [0, 0.05) is 87.1 Å². The summed E-state index contributed by atoms with van der Waals surface area (Å²) < 4.78 is 21.7. The predicted octanol–water partition coefficient (Wildman–Crippen LogP) is 16.0. The summed E-state index contributed by atoms with van der Waals surface area (Å²) >= 11 is 1.85. The number of thiophene rings is 1. The van der Waals surface area contributed by atoms with Crippen LogP contribution in [0.25, 0.3) is 108 Å². The normalized spacial score (nSPS) is 12.2. The maximum absolute atomic E-state index is 6.40. The van der Waals surface area contributed by atoms with E-state index in [0.717, 1.165) is 83.1 Å². The van der Waals surface area contributed by atoms with Gasteiger partial charge in [0.15, 0.2) is 0 Å². The van der Waals surface area contributed by atoms with Crippen molar-refractivity contribution in [2.45, 2.75) is 0 Å². The first-order chi connectivity index (χ1) is 28.2. The van der Waals surface area contributed by atoms with E-state index in [2.05, 4.69) is 150 Å². The van der Waals surface area contributed by atoms with E-state index in [1.165, 1.54) is 41.9 Å². The Morgan fingerprint density at radius 1 is 0.333 bits per heavy atom. The van der Waals surface area contributed by atoms with Crippen molar-refractivity contribution >= 4 is 125 Å². The van der Waals surface area contributed by atoms with Gasteiger partial charge in [-0.3, -0.25) is 0 Å². The van der Waals surface area contributed by atoms with Gasteiger partial charge < -0.3 is 18.2 Å². The SMILES string of the molecule is c1ccc2c(c1)oc1cc(N(c3ccc(-c4cccc5sc6ccc7ccc8oc9ccccc9c8c7c6c45)cc3)c3ccc4c(c3)oc3ccccc34)ccc12. The smallest absolute Gasteiger partial charge is 0.137 e. The first-order valence-electron chi connectivity index (χ1n) is 19.1. The summed E-state index contributed by atoms with van der Waals surface area (Å²) in [5, 5.41) is 11.8. The topological polar surface area (TPSA) is 42.7 Å². The van der Waals surface area contributed by atoms with Crippen molar-refractivity contribution < 1.29 is 13.3 Å². The fraction of sp³-hybridized carbons (Fsp3) is 0. The van der Waals surface area contributed by atoms with Crippen molar-refractivity contribution in [1.29, 1.82) is 0 Å². The van der Waals surface area contributed by atoms with Gasteiger partial charge in [-0.2, -0.15) is 0 Å². The molecule has 13 rings (SSSR count). The van der Waals surface area contributed by atoms with Gasteiger partial charge in [-0.05, 0) is 89.3 Å². The minimum atomic E-state index is 0.850. The Morgan fingerprint density at radius 3 is 1.56 bits per heavy atom. The molecule has 0 atom stereocenters. The Morgan fingerprint density at radius 2 is 0.877 bits per heavy atom. The third-order valence-electron chi connectivity index (χ3n) is 11.7. The second-order valence-corrected chi connectivity index (χ2v) is 15.9. The number of anilines is 3. The largest absolute Gasteiger partial charge is 0.456 e. The van der Waals surface area contributed by atoms with Crippen LogP contribution in [0.3, 0.4) is 0 Å². The van der Waals surface area contributed by atoms with Crippen LogP contribution in [0.4, 0.5) is 17.1 Å². The first kappa shape index (κ1) is 30.9. The average Bonchev–Trinajstić information content (AvgIpc) is 4.03. The minimum Gasteiger partial charge on any atom is -0.456 e. The van der Waals surface area contributed by atoms with Crippen LogP contribution in [0.1, 0.15) is 0 Å². The summed E-state index contributed by atoms with van der Waals surface area (Å²) in [5.41, 5.74) is 10.7. The molecule has 266 valence electrons. The highest BCUT2D eigenvalue weighted by Crippen LogP contribution is 2.47. The van der Waals surface area contributed by atoms with E-state index in [1.54, 1.807) is 0 Å². The van der Waals surface area contributed by atoms with Crippen molar-refractivity contribution in [2.24, 2.45) is 0 Å². The van der Waals surface area contributed by atoms with E-state index in [-0.39, 0.29) is 0 Å². The molecule has 0 spiro atoms. The van der Waals surface area contributed by atoms with Crippen molar-refractivity contribution in [3.05, 3.63) is 176 Å². The van der Waals surface area contributed by atoms with Crippen LogP contribution in [-0.4, -0.2) is 0 Å². The molecule has 0 aliphatic heterocycles. The standard InChI is InChI=1S/C52H29NO3S/c1-4-12-41-36(8-1)38-24-22-33(28-45(38)55-41)53(34-23-25-39-37-9-2-5-13-42(37)56-46(39)29-34)32-20-16-30(17-21-32)35-11-7-15-47-51(35)52-48(57-47)27-19-31-18-26-44-50(49(31)52)40-10-3-6-14-43(40)54-44/h1-29H. The number of rotatable bonds is 4. The van der Waals surface area contributed by atoms with E-state index < -0.39 is 0 Å². The first-order valence-corrected chi connectivity index (χ1v) is 20.0. The number of furan rings is 3. The highest BCUT2D eigenvalue weighted by molar-refractivity contribution is 7.26. The van der Waals surface area contributed by atoms with Gasteiger partial charge >= 0.3 is 0 Å². The molecule has 4 nitrogen and oxygen atoms in total. The van der Waals surface area contributed by atoms with Crippen molar-refractivity contribution in [3.8, 4) is 11.1 Å². The second-order valence-electron chi connectivity index (χ2n) is 14.8. The van der Waals surface area contributed by atoms with Gasteiger partial charge in [-0.25, -0.2) is 0 Å². The summed E-state index contributed by atoms with van der Waals surface area (Å²) in [5.74, 6) is 0. The predicted molar refractivity (Wildman–Crippen MR) is 239 cm³/mol. The molecule has 13 aromatic rings. The van der Waals surface area contributed by atoms with Crippen molar-refractivity contribution in [2.75, 3.05) is 4.90 Å². The molecule has 0 fully saturated rings. The zero-order chi connectivity index (χ0) is 37.2. The number of nitrogens with zero attached hydrogens (tertiary/aromatic N) is 1. The number of benzene rings is 9. The number of hydrogen-bond acceptors (Lipinski definition) is 5. The Hall–Kier alpha value is -7.34. The summed E-state index contributed by atoms with van der Waals surface area (Å²) in [6, 6.07) is 62.3. The van der Waals surface area contributed by atoms with E-state index in [0.29, 0.717) is 0 Å². The summed E-state index contributed by atoms with van der Waals surface area (Å²) in [7, 11) is 0. The Labute approximate surface area is 329 Å². The maximum atomic E-state index is 6.40. The van der Waals surface area contributed by atoms with Gasteiger partial charge in [0.1, 0.15) is 33.5 Å². The lowest BCUT2D eigenvalue weighted by Crippen LogP contribution is -2.09. The molecule has 0 bridgehead atoms. The minimum absolute atomic E-state index is 0.850. The molecule has 0 saturated carbocycles. The van der Waals surface area contributed by atoms with Crippen LogP contribution < -0.4 is 4.90 Å². The molecule has 0 aliphatic rings. The molecule has 4 heterocycles.